The molecular weight excluding hydrogens is 426 g/mol. The highest BCUT2D eigenvalue weighted by molar-refractivity contribution is 6.32. The summed E-state index contributed by atoms with van der Waals surface area (Å²) < 4.78 is 10.8. The van der Waals surface area contributed by atoms with Crippen molar-refractivity contribution in [3.8, 4) is 23.6 Å². The standard InChI is InChI=1S/C25H18ClN3O3/c1-31-22-9-7-21(8-10-22)29-25(30)20(15-28)12-17-6-11-24(23(26)13-17)32-16-19-5-3-2-4-18(19)14-27/h2-13H,16H2,1H3,(H,29,30)/b20-12+. The normalized spacial score (nSPS) is 10.6. The van der Waals surface area contributed by atoms with Crippen LogP contribution < -0.4 is 14.8 Å². The molecule has 3 aromatic carbocycles. The van der Waals surface area contributed by atoms with Gasteiger partial charge in [0.2, 0.25) is 0 Å². The zero-order valence-corrected chi connectivity index (χ0v) is 17.9. The Morgan fingerprint density at radius 1 is 1.09 bits per heavy atom. The van der Waals surface area contributed by atoms with Crippen LogP contribution in [0.4, 0.5) is 5.69 Å². The minimum Gasteiger partial charge on any atom is -0.497 e. The fraction of sp³-hybridized carbons (Fsp3) is 0.0800. The number of halogens is 1. The summed E-state index contributed by atoms with van der Waals surface area (Å²) in [6.07, 6.45) is 1.44. The van der Waals surface area contributed by atoms with E-state index in [1.807, 2.05) is 18.2 Å². The second-order valence-electron chi connectivity index (χ2n) is 6.60. The minimum absolute atomic E-state index is 0.0755. The third-order valence-corrected chi connectivity index (χ3v) is 4.80. The first-order chi connectivity index (χ1) is 15.5. The van der Waals surface area contributed by atoms with E-state index >= 15 is 0 Å². The molecule has 158 valence electrons. The van der Waals surface area contributed by atoms with Crippen LogP contribution in [0.25, 0.3) is 6.08 Å². The average molecular weight is 444 g/mol. The van der Waals surface area contributed by atoms with E-state index in [0.29, 0.717) is 33.3 Å². The number of methoxy groups -OCH3 is 1. The molecule has 0 atom stereocenters. The van der Waals surface area contributed by atoms with E-state index in [2.05, 4.69) is 11.4 Å². The molecule has 0 aliphatic carbocycles. The zero-order chi connectivity index (χ0) is 22.9. The molecule has 0 fully saturated rings. The van der Waals surface area contributed by atoms with Crippen LogP contribution >= 0.6 is 11.6 Å². The summed E-state index contributed by atoms with van der Waals surface area (Å²) in [5.74, 6) is 0.548. The molecule has 3 aromatic rings. The quantitative estimate of drug-likeness (QED) is 0.392. The summed E-state index contributed by atoms with van der Waals surface area (Å²) in [4.78, 5) is 12.5. The number of anilines is 1. The predicted octanol–water partition coefficient (Wildman–Crippen LogP) is 5.34. The van der Waals surface area contributed by atoms with Gasteiger partial charge in [0.15, 0.2) is 0 Å². The number of ether oxygens (including phenoxy) is 2. The fourth-order valence-corrected chi connectivity index (χ4v) is 3.07. The van der Waals surface area contributed by atoms with Crippen LogP contribution in [0.2, 0.25) is 5.02 Å². The van der Waals surface area contributed by atoms with Crippen molar-refractivity contribution in [2.75, 3.05) is 12.4 Å². The molecule has 1 amide bonds. The second kappa shape index (κ2) is 10.7. The Labute approximate surface area is 190 Å². The van der Waals surface area contributed by atoms with Gasteiger partial charge in [-0.15, -0.1) is 0 Å². The van der Waals surface area contributed by atoms with Gasteiger partial charge in [-0.2, -0.15) is 10.5 Å². The van der Waals surface area contributed by atoms with Crippen LogP contribution in [0.15, 0.2) is 72.3 Å². The van der Waals surface area contributed by atoms with E-state index in [0.717, 1.165) is 5.56 Å². The molecule has 0 bridgehead atoms. The number of rotatable bonds is 7. The summed E-state index contributed by atoms with van der Waals surface area (Å²) in [6.45, 7) is 0.187. The van der Waals surface area contributed by atoms with Gasteiger partial charge in [-0.25, -0.2) is 0 Å². The van der Waals surface area contributed by atoms with Crippen LogP contribution in [-0.2, 0) is 11.4 Å². The number of hydrogen-bond acceptors (Lipinski definition) is 5. The molecule has 0 heterocycles. The van der Waals surface area contributed by atoms with Gasteiger partial charge in [0.1, 0.15) is 29.7 Å². The summed E-state index contributed by atoms with van der Waals surface area (Å²) in [5, 5.41) is 21.6. The summed E-state index contributed by atoms with van der Waals surface area (Å²) in [6, 6.07) is 22.9. The Balaban J connectivity index is 1.71. The maximum atomic E-state index is 12.5. The average Bonchev–Trinajstić information content (AvgIpc) is 2.82. The number of nitrogens with one attached hydrogen (secondary N) is 1. The molecule has 7 heteroatoms. The molecule has 0 saturated heterocycles. The van der Waals surface area contributed by atoms with Crippen molar-refractivity contribution in [3.05, 3.63) is 94.0 Å². The van der Waals surface area contributed by atoms with Gasteiger partial charge < -0.3 is 14.8 Å². The van der Waals surface area contributed by atoms with Gasteiger partial charge in [0.05, 0.1) is 23.8 Å². The Kier molecular flexibility index (Phi) is 7.48. The first-order valence-corrected chi connectivity index (χ1v) is 9.89. The highest BCUT2D eigenvalue weighted by Gasteiger charge is 2.11. The molecule has 32 heavy (non-hydrogen) atoms. The Morgan fingerprint density at radius 2 is 1.84 bits per heavy atom. The topological polar surface area (TPSA) is 95.1 Å². The largest absolute Gasteiger partial charge is 0.497 e. The predicted molar refractivity (Wildman–Crippen MR) is 122 cm³/mol. The molecule has 0 radical (unpaired) electrons. The minimum atomic E-state index is -0.540. The van der Waals surface area contributed by atoms with Crippen LogP contribution in [0.5, 0.6) is 11.5 Å². The van der Waals surface area contributed by atoms with E-state index in [9.17, 15) is 15.3 Å². The van der Waals surface area contributed by atoms with Crippen molar-refractivity contribution < 1.29 is 14.3 Å². The van der Waals surface area contributed by atoms with Gasteiger partial charge in [-0.1, -0.05) is 35.9 Å². The SMILES string of the molecule is COc1ccc(NC(=O)/C(C#N)=C/c2ccc(OCc3ccccc3C#N)c(Cl)c2)cc1. The first-order valence-electron chi connectivity index (χ1n) is 9.51. The van der Waals surface area contributed by atoms with Crippen molar-refractivity contribution in [1.82, 2.24) is 0 Å². The molecule has 6 nitrogen and oxygen atoms in total. The van der Waals surface area contributed by atoms with Crippen molar-refractivity contribution >= 4 is 29.3 Å². The number of hydrogen-bond donors (Lipinski definition) is 1. The Bertz CT molecular complexity index is 1240. The molecule has 0 spiro atoms. The fourth-order valence-electron chi connectivity index (χ4n) is 2.82. The van der Waals surface area contributed by atoms with Crippen LogP contribution in [0.3, 0.4) is 0 Å². The number of nitriles is 2. The maximum absolute atomic E-state index is 12.5. The van der Waals surface area contributed by atoms with E-state index < -0.39 is 5.91 Å². The van der Waals surface area contributed by atoms with Gasteiger partial charge in [-0.3, -0.25) is 4.79 Å². The molecule has 1 N–H and O–H groups in total. The van der Waals surface area contributed by atoms with Gasteiger partial charge >= 0.3 is 0 Å². The van der Waals surface area contributed by atoms with E-state index in [4.69, 9.17) is 21.1 Å². The van der Waals surface area contributed by atoms with Gasteiger partial charge in [0.25, 0.3) is 5.91 Å². The lowest BCUT2D eigenvalue weighted by molar-refractivity contribution is -0.112. The number of benzene rings is 3. The first kappa shape index (κ1) is 22.4. The lowest BCUT2D eigenvalue weighted by Crippen LogP contribution is -2.13. The van der Waals surface area contributed by atoms with Gasteiger partial charge in [-0.05, 0) is 54.1 Å². The third-order valence-electron chi connectivity index (χ3n) is 4.50. The molecule has 0 aromatic heterocycles. The maximum Gasteiger partial charge on any atom is 0.266 e. The van der Waals surface area contributed by atoms with Crippen molar-refractivity contribution in [2.24, 2.45) is 0 Å². The zero-order valence-electron chi connectivity index (χ0n) is 17.1. The molecule has 0 aliphatic heterocycles. The smallest absolute Gasteiger partial charge is 0.266 e. The molecule has 3 rings (SSSR count). The third kappa shape index (κ3) is 5.66. The highest BCUT2D eigenvalue weighted by Crippen LogP contribution is 2.28. The Hall–Kier alpha value is -4.26. The number of nitrogens with zero attached hydrogens (tertiary/aromatic N) is 2. The number of carbonyl (C=O) groups is 1. The molecule has 0 unspecified atom stereocenters. The lowest BCUT2D eigenvalue weighted by atomic mass is 10.1. The monoisotopic (exact) mass is 443 g/mol. The lowest BCUT2D eigenvalue weighted by Gasteiger charge is -2.10. The van der Waals surface area contributed by atoms with Crippen molar-refractivity contribution in [1.29, 1.82) is 10.5 Å². The number of amides is 1. The molecular formula is C25H18ClN3O3. The summed E-state index contributed by atoms with van der Waals surface area (Å²) in [5.41, 5.74) is 2.31. The van der Waals surface area contributed by atoms with E-state index in [1.54, 1.807) is 61.7 Å². The van der Waals surface area contributed by atoms with Crippen LogP contribution in [0.1, 0.15) is 16.7 Å². The van der Waals surface area contributed by atoms with E-state index in [1.165, 1.54) is 6.08 Å². The van der Waals surface area contributed by atoms with Crippen molar-refractivity contribution in [2.45, 2.75) is 6.61 Å². The summed E-state index contributed by atoms with van der Waals surface area (Å²) in [7, 11) is 1.55. The van der Waals surface area contributed by atoms with E-state index in [-0.39, 0.29) is 12.2 Å². The van der Waals surface area contributed by atoms with Crippen LogP contribution in [0, 0.1) is 22.7 Å². The molecule has 0 saturated carbocycles. The van der Waals surface area contributed by atoms with Crippen LogP contribution in [-0.4, -0.2) is 13.0 Å². The number of carbonyl (C=O) groups excluding carboxylic acids is 1. The highest BCUT2D eigenvalue weighted by atomic mass is 35.5. The second-order valence-corrected chi connectivity index (χ2v) is 7.01. The Morgan fingerprint density at radius 3 is 2.50 bits per heavy atom. The summed E-state index contributed by atoms with van der Waals surface area (Å²) >= 11 is 6.32. The van der Waals surface area contributed by atoms with Crippen molar-refractivity contribution in [3.63, 3.8) is 0 Å². The van der Waals surface area contributed by atoms with Gasteiger partial charge in [0, 0.05) is 11.3 Å². The molecule has 0 aliphatic rings.